The van der Waals surface area contributed by atoms with E-state index in [0.717, 1.165) is 17.4 Å². The predicted octanol–water partition coefficient (Wildman–Crippen LogP) is 3.38. The van der Waals surface area contributed by atoms with Crippen LogP contribution >= 0.6 is 27.3 Å². The molecule has 0 aromatic carbocycles. The highest BCUT2D eigenvalue weighted by Gasteiger charge is 2.14. The Morgan fingerprint density at radius 1 is 1.44 bits per heavy atom. The molecule has 1 unspecified atom stereocenters. The Kier molecular flexibility index (Phi) is 6.84. The first-order valence-electron chi connectivity index (χ1n) is 6.16. The van der Waals surface area contributed by atoms with Crippen LogP contribution in [0.3, 0.4) is 0 Å². The van der Waals surface area contributed by atoms with Gasteiger partial charge in [0, 0.05) is 26.5 Å². The Morgan fingerprint density at radius 3 is 2.67 bits per heavy atom. The van der Waals surface area contributed by atoms with Crippen LogP contribution in [0.25, 0.3) is 0 Å². The quantitative estimate of drug-likeness (QED) is 0.779. The van der Waals surface area contributed by atoms with E-state index in [1.54, 1.807) is 18.3 Å². The maximum absolute atomic E-state index is 11.5. The highest BCUT2D eigenvalue weighted by molar-refractivity contribution is 9.10. The molecule has 1 rings (SSSR count). The number of halogens is 1. The van der Waals surface area contributed by atoms with Crippen molar-refractivity contribution in [2.75, 3.05) is 18.1 Å². The van der Waals surface area contributed by atoms with Crippen LogP contribution in [0.1, 0.15) is 37.6 Å². The number of nitrogens with one attached hydrogen (secondary N) is 1. The van der Waals surface area contributed by atoms with Gasteiger partial charge in [-0.3, -0.25) is 0 Å². The summed E-state index contributed by atoms with van der Waals surface area (Å²) in [4.78, 5) is 1.26. The van der Waals surface area contributed by atoms with Crippen molar-refractivity contribution < 1.29 is 8.42 Å². The fourth-order valence-electron chi connectivity index (χ4n) is 1.75. The van der Waals surface area contributed by atoms with Crippen LogP contribution in [0.2, 0.25) is 0 Å². The molecule has 1 atom stereocenters. The van der Waals surface area contributed by atoms with E-state index in [1.165, 1.54) is 4.88 Å². The fourth-order valence-corrected chi connectivity index (χ4v) is 4.20. The Bertz CT molecular complexity index is 456. The first-order valence-corrected chi connectivity index (χ1v) is 9.65. The lowest BCUT2D eigenvalue weighted by atomic mass is 10.1. The molecular weight excluding hydrogens is 334 g/mol. The Morgan fingerprint density at radius 2 is 2.17 bits per heavy atom. The summed E-state index contributed by atoms with van der Waals surface area (Å²) in [6.45, 7) is 4.66. The van der Waals surface area contributed by atoms with Gasteiger partial charge in [-0.25, -0.2) is 8.42 Å². The van der Waals surface area contributed by atoms with Gasteiger partial charge >= 0.3 is 0 Å². The normalized spacial score (nSPS) is 13.7. The molecule has 1 aromatic rings. The lowest BCUT2D eigenvalue weighted by molar-refractivity contribution is 0.513. The van der Waals surface area contributed by atoms with E-state index in [9.17, 15) is 8.42 Å². The van der Waals surface area contributed by atoms with Gasteiger partial charge in [-0.05, 0) is 41.4 Å². The van der Waals surface area contributed by atoms with E-state index >= 15 is 0 Å². The third-order valence-corrected chi connectivity index (χ3v) is 6.37. The summed E-state index contributed by atoms with van der Waals surface area (Å²) in [5.74, 6) is 0.529. The van der Waals surface area contributed by atoms with Gasteiger partial charge in [0.15, 0.2) is 0 Å². The molecule has 0 amide bonds. The molecule has 0 aliphatic carbocycles. The molecule has 0 aliphatic rings. The minimum atomic E-state index is -2.84. The lowest BCUT2D eigenvalue weighted by Gasteiger charge is -2.16. The van der Waals surface area contributed by atoms with Crippen LogP contribution < -0.4 is 5.32 Å². The summed E-state index contributed by atoms with van der Waals surface area (Å²) >= 11 is 5.15. The van der Waals surface area contributed by atoms with Crippen molar-refractivity contribution in [3.05, 3.63) is 20.8 Å². The minimum absolute atomic E-state index is 0.240. The van der Waals surface area contributed by atoms with Crippen molar-refractivity contribution in [1.29, 1.82) is 0 Å². The molecule has 0 aliphatic heterocycles. The summed E-state index contributed by atoms with van der Waals surface area (Å²) in [5, 5.41) is 5.47. The van der Waals surface area contributed by atoms with Crippen LogP contribution in [0.4, 0.5) is 0 Å². The molecule has 0 saturated heterocycles. The molecule has 6 heteroatoms. The number of sulfone groups is 1. The van der Waals surface area contributed by atoms with Crippen LogP contribution in [0, 0.1) is 0 Å². The Balaban J connectivity index is 2.54. The van der Waals surface area contributed by atoms with Gasteiger partial charge in [0.2, 0.25) is 0 Å². The van der Waals surface area contributed by atoms with Crippen LogP contribution in [-0.4, -0.2) is 26.5 Å². The molecule has 1 aromatic heterocycles. The number of hydrogen-bond acceptors (Lipinski definition) is 4. The second-order valence-electron chi connectivity index (χ2n) is 4.16. The first kappa shape index (κ1) is 16.1. The van der Waals surface area contributed by atoms with Crippen molar-refractivity contribution in [2.24, 2.45) is 0 Å². The lowest BCUT2D eigenvalue weighted by Crippen LogP contribution is -2.21. The third kappa shape index (κ3) is 5.38. The fraction of sp³-hybridized carbons (Fsp3) is 0.667. The number of rotatable bonds is 8. The Hall–Kier alpha value is 0.0900. The highest BCUT2D eigenvalue weighted by Crippen LogP contribution is 2.28. The molecule has 0 fully saturated rings. The maximum Gasteiger partial charge on any atom is 0.150 e. The zero-order chi connectivity index (χ0) is 13.6. The van der Waals surface area contributed by atoms with Gasteiger partial charge < -0.3 is 5.32 Å². The second-order valence-corrected chi connectivity index (χ2v) is 8.49. The smallest absolute Gasteiger partial charge is 0.150 e. The van der Waals surface area contributed by atoms with Gasteiger partial charge in [-0.2, -0.15) is 0 Å². The van der Waals surface area contributed by atoms with Crippen molar-refractivity contribution in [1.82, 2.24) is 5.32 Å². The molecule has 3 nitrogen and oxygen atoms in total. The summed E-state index contributed by atoms with van der Waals surface area (Å²) in [7, 11) is -2.84. The molecule has 0 radical (unpaired) electrons. The standard InChI is InChI=1S/C12H20BrNO2S2/c1-3-14-11(12-8-10(13)9-17-12)6-5-7-18(15,16)4-2/h8-9,11,14H,3-7H2,1-2H3. The van der Waals surface area contributed by atoms with Gasteiger partial charge in [-0.15, -0.1) is 11.3 Å². The minimum Gasteiger partial charge on any atom is -0.310 e. The molecule has 1 N–H and O–H groups in total. The van der Waals surface area contributed by atoms with Crippen molar-refractivity contribution in [3.63, 3.8) is 0 Å². The third-order valence-electron chi connectivity index (χ3n) is 2.77. The van der Waals surface area contributed by atoms with E-state index in [-0.39, 0.29) is 17.5 Å². The zero-order valence-corrected chi connectivity index (χ0v) is 14.0. The van der Waals surface area contributed by atoms with E-state index in [0.29, 0.717) is 6.42 Å². The highest BCUT2D eigenvalue weighted by atomic mass is 79.9. The zero-order valence-electron chi connectivity index (χ0n) is 10.8. The number of thiophene rings is 1. The number of hydrogen-bond donors (Lipinski definition) is 1. The molecule has 0 bridgehead atoms. The Labute approximate surface area is 122 Å². The van der Waals surface area contributed by atoms with Gasteiger partial charge in [0.1, 0.15) is 9.84 Å². The molecule has 0 saturated carbocycles. The monoisotopic (exact) mass is 353 g/mol. The van der Waals surface area contributed by atoms with Crippen LogP contribution in [-0.2, 0) is 9.84 Å². The molecule has 1 heterocycles. The summed E-state index contributed by atoms with van der Waals surface area (Å²) in [5.41, 5.74) is 0. The maximum atomic E-state index is 11.5. The largest absolute Gasteiger partial charge is 0.310 e. The van der Waals surface area contributed by atoms with Crippen molar-refractivity contribution in [3.8, 4) is 0 Å². The van der Waals surface area contributed by atoms with Crippen molar-refractivity contribution >= 4 is 37.1 Å². The topological polar surface area (TPSA) is 46.2 Å². The van der Waals surface area contributed by atoms with Crippen LogP contribution in [0.15, 0.2) is 15.9 Å². The average molecular weight is 354 g/mol. The molecular formula is C12H20BrNO2S2. The molecule has 18 heavy (non-hydrogen) atoms. The average Bonchev–Trinajstić information content (AvgIpc) is 2.74. The van der Waals surface area contributed by atoms with E-state index in [2.05, 4.69) is 39.6 Å². The summed E-state index contributed by atoms with van der Waals surface area (Å²) in [6, 6.07) is 2.37. The van der Waals surface area contributed by atoms with Gasteiger partial charge in [-0.1, -0.05) is 13.8 Å². The van der Waals surface area contributed by atoms with Crippen LogP contribution in [0.5, 0.6) is 0 Å². The first-order chi connectivity index (χ1) is 8.48. The van der Waals surface area contributed by atoms with E-state index < -0.39 is 9.84 Å². The predicted molar refractivity (Wildman–Crippen MR) is 82.0 cm³/mol. The van der Waals surface area contributed by atoms with Gasteiger partial charge in [0.05, 0.1) is 5.75 Å². The SMILES string of the molecule is CCNC(CCCS(=O)(=O)CC)c1cc(Br)cs1. The summed E-state index contributed by atoms with van der Waals surface area (Å²) in [6.07, 6.45) is 1.57. The molecule has 104 valence electrons. The molecule has 0 spiro atoms. The van der Waals surface area contributed by atoms with E-state index in [4.69, 9.17) is 0 Å². The van der Waals surface area contributed by atoms with Crippen molar-refractivity contribution in [2.45, 2.75) is 32.7 Å². The summed E-state index contributed by atoms with van der Waals surface area (Å²) < 4.78 is 24.0. The van der Waals surface area contributed by atoms with E-state index in [1.807, 2.05) is 0 Å². The van der Waals surface area contributed by atoms with Gasteiger partial charge in [0.25, 0.3) is 0 Å². The second kappa shape index (κ2) is 7.62.